The number of hydrogen-bond acceptors (Lipinski definition) is 3. The highest BCUT2D eigenvalue weighted by molar-refractivity contribution is 7.09. The molecule has 0 saturated carbocycles. The predicted molar refractivity (Wildman–Crippen MR) is 79.9 cm³/mol. The number of nitrogens with zero attached hydrogens (tertiary/aromatic N) is 3. The molecule has 6 heteroatoms. The first-order valence-electron chi connectivity index (χ1n) is 6.20. The third-order valence-electron chi connectivity index (χ3n) is 3.19. The van der Waals surface area contributed by atoms with Crippen LogP contribution in [-0.2, 0) is 12.4 Å². The highest BCUT2D eigenvalue weighted by Crippen LogP contribution is 2.23. The molecule has 104 valence electrons. The lowest BCUT2D eigenvalue weighted by Gasteiger charge is -2.06. The van der Waals surface area contributed by atoms with Crippen molar-refractivity contribution < 1.29 is 4.39 Å². The Labute approximate surface area is 125 Å². The second-order valence-electron chi connectivity index (χ2n) is 4.72. The van der Waals surface area contributed by atoms with Crippen molar-refractivity contribution in [2.45, 2.75) is 26.3 Å². The van der Waals surface area contributed by atoms with Gasteiger partial charge >= 0.3 is 0 Å². The van der Waals surface area contributed by atoms with Crippen LogP contribution in [0.2, 0.25) is 0 Å². The molecule has 3 nitrogen and oxygen atoms in total. The Morgan fingerprint density at radius 2 is 2.10 bits per heavy atom. The van der Waals surface area contributed by atoms with Gasteiger partial charge in [-0.05, 0) is 25.5 Å². The van der Waals surface area contributed by atoms with Crippen molar-refractivity contribution in [2.24, 2.45) is 0 Å². The first-order chi connectivity index (χ1) is 9.58. The molecule has 0 amide bonds. The van der Waals surface area contributed by atoms with Gasteiger partial charge in [0.25, 0.3) is 0 Å². The zero-order valence-corrected chi connectivity index (χ0v) is 12.7. The van der Waals surface area contributed by atoms with Crippen LogP contribution in [0, 0.1) is 19.7 Å². The number of aryl methyl sites for hydroxylation is 2. The second-order valence-corrected chi connectivity index (χ2v) is 5.93. The number of aromatic nitrogens is 3. The topological polar surface area (TPSA) is 30.7 Å². The van der Waals surface area contributed by atoms with Gasteiger partial charge in [-0.2, -0.15) is 0 Å². The standard InChI is InChI=1S/C14H13ClFN3S/c1-8-3-12-11(4-10(8)16)18-13(5-15)19(12)6-14-17-9(2)7-20-14/h3-4,7H,5-6H2,1-2H3. The quantitative estimate of drug-likeness (QED) is 0.684. The summed E-state index contributed by atoms with van der Waals surface area (Å²) in [6.45, 7) is 4.33. The van der Waals surface area contributed by atoms with Crippen LogP contribution in [0.5, 0.6) is 0 Å². The largest absolute Gasteiger partial charge is 0.320 e. The monoisotopic (exact) mass is 309 g/mol. The lowest BCUT2D eigenvalue weighted by Crippen LogP contribution is -2.03. The Morgan fingerprint density at radius 3 is 2.75 bits per heavy atom. The first-order valence-corrected chi connectivity index (χ1v) is 7.62. The number of halogens is 2. The summed E-state index contributed by atoms with van der Waals surface area (Å²) in [5.41, 5.74) is 3.14. The van der Waals surface area contributed by atoms with Gasteiger partial charge in [-0.3, -0.25) is 0 Å². The third kappa shape index (κ3) is 2.31. The van der Waals surface area contributed by atoms with Crippen molar-refractivity contribution in [2.75, 3.05) is 0 Å². The van der Waals surface area contributed by atoms with Crippen molar-refractivity contribution in [1.82, 2.24) is 14.5 Å². The molecule has 0 unspecified atom stereocenters. The second kappa shape index (κ2) is 5.14. The summed E-state index contributed by atoms with van der Waals surface area (Å²) in [5.74, 6) is 0.785. The summed E-state index contributed by atoms with van der Waals surface area (Å²) < 4.78 is 15.6. The van der Waals surface area contributed by atoms with E-state index in [0.717, 1.165) is 22.0 Å². The van der Waals surface area contributed by atoms with Gasteiger partial charge in [-0.1, -0.05) is 0 Å². The summed E-state index contributed by atoms with van der Waals surface area (Å²) in [5, 5.41) is 3.01. The zero-order chi connectivity index (χ0) is 14.3. The molecule has 20 heavy (non-hydrogen) atoms. The Balaban J connectivity index is 2.14. The molecular weight excluding hydrogens is 297 g/mol. The minimum Gasteiger partial charge on any atom is -0.320 e. The van der Waals surface area contributed by atoms with Crippen LogP contribution in [0.3, 0.4) is 0 Å². The molecule has 2 heterocycles. The molecular formula is C14H13ClFN3S. The van der Waals surface area contributed by atoms with Crippen molar-refractivity contribution in [3.63, 3.8) is 0 Å². The van der Waals surface area contributed by atoms with E-state index in [1.807, 2.05) is 22.9 Å². The molecule has 0 saturated heterocycles. The molecule has 0 spiro atoms. The van der Waals surface area contributed by atoms with Crippen LogP contribution in [-0.4, -0.2) is 14.5 Å². The normalized spacial score (nSPS) is 11.4. The molecule has 0 aliphatic rings. The molecule has 0 N–H and O–H groups in total. The molecule has 0 atom stereocenters. The van der Waals surface area contributed by atoms with E-state index in [-0.39, 0.29) is 5.82 Å². The van der Waals surface area contributed by atoms with E-state index in [1.165, 1.54) is 6.07 Å². The van der Waals surface area contributed by atoms with Crippen molar-refractivity contribution in [1.29, 1.82) is 0 Å². The van der Waals surface area contributed by atoms with Crippen LogP contribution >= 0.6 is 22.9 Å². The van der Waals surface area contributed by atoms with Gasteiger partial charge in [-0.15, -0.1) is 22.9 Å². The van der Waals surface area contributed by atoms with Gasteiger partial charge in [0.15, 0.2) is 0 Å². The maximum absolute atomic E-state index is 13.6. The number of thiazole rings is 1. The van der Waals surface area contributed by atoms with Gasteiger partial charge in [0.1, 0.15) is 16.6 Å². The maximum atomic E-state index is 13.6. The average Bonchev–Trinajstić information content (AvgIpc) is 2.96. The number of alkyl halides is 1. The summed E-state index contributed by atoms with van der Waals surface area (Å²) in [6.07, 6.45) is 0. The Hall–Kier alpha value is -1.46. The van der Waals surface area contributed by atoms with Crippen molar-refractivity contribution in [3.05, 3.63) is 45.4 Å². The van der Waals surface area contributed by atoms with E-state index in [4.69, 9.17) is 11.6 Å². The summed E-state index contributed by atoms with van der Waals surface area (Å²) in [7, 11) is 0. The fourth-order valence-corrected chi connectivity index (χ4v) is 3.15. The van der Waals surface area contributed by atoms with Gasteiger partial charge < -0.3 is 4.57 Å². The molecule has 0 fully saturated rings. The highest BCUT2D eigenvalue weighted by Gasteiger charge is 2.13. The lowest BCUT2D eigenvalue weighted by molar-refractivity contribution is 0.620. The van der Waals surface area contributed by atoms with E-state index in [2.05, 4.69) is 9.97 Å². The molecule has 0 aliphatic carbocycles. The van der Waals surface area contributed by atoms with Crippen LogP contribution in [0.25, 0.3) is 11.0 Å². The first kappa shape index (κ1) is 13.5. The van der Waals surface area contributed by atoms with Crippen molar-refractivity contribution >= 4 is 34.0 Å². The Bertz CT molecular complexity index is 778. The molecule has 3 aromatic rings. The molecule has 2 aromatic heterocycles. The predicted octanol–water partition coefficient (Wildman–Crippen LogP) is 4.04. The van der Waals surface area contributed by atoms with Crippen LogP contribution < -0.4 is 0 Å². The fraction of sp³-hybridized carbons (Fsp3) is 0.286. The maximum Gasteiger partial charge on any atom is 0.128 e. The zero-order valence-electron chi connectivity index (χ0n) is 11.2. The summed E-state index contributed by atoms with van der Waals surface area (Å²) in [6, 6.07) is 3.28. The van der Waals surface area contributed by atoms with Crippen LogP contribution in [0.1, 0.15) is 22.1 Å². The van der Waals surface area contributed by atoms with E-state index < -0.39 is 0 Å². The number of imidazole rings is 1. The minimum absolute atomic E-state index is 0.242. The van der Waals surface area contributed by atoms with E-state index in [9.17, 15) is 4.39 Å². The summed E-state index contributed by atoms with van der Waals surface area (Å²) in [4.78, 5) is 8.86. The number of benzene rings is 1. The number of rotatable bonds is 3. The number of fused-ring (bicyclic) bond motifs is 1. The van der Waals surface area contributed by atoms with Gasteiger partial charge in [0, 0.05) is 17.1 Å². The molecule has 1 aromatic carbocycles. The summed E-state index contributed by atoms with van der Waals surface area (Å²) >= 11 is 7.57. The van der Waals surface area contributed by atoms with Gasteiger partial charge in [0.05, 0.1) is 23.5 Å². The Kier molecular flexibility index (Phi) is 3.48. The van der Waals surface area contributed by atoms with Gasteiger partial charge in [-0.25, -0.2) is 14.4 Å². The lowest BCUT2D eigenvalue weighted by atomic mass is 10.2. The van der Waals surface area contributed by atoms with E-state index in [0.29, 0.717) is 23.5 Å². The Morgan fingerprint density at radius 1 is 1.30 bits per heavy atom. The third-order valence-corrected chi connectivity index (χ3v) is 4.38. The van der Waals surface area contributed by atoms with E-state index in [1.54, 1.807) is 18.3 Å². The SMILES string of the molecule is Cc1csc(Cn2c(CCl)nc3cc(F)c(C)cc32)n1. The van der Waals surface area contributed by atoms with Crippen molar-refractivity contribution in [3.8, 4) is 0 Å². The van der Waals surface area contributed by atoms with Gasteiger partial charge in [0.2, 0.25) is 0 Å². The highest BCUT2D eigenvalue weighted by atomic mass is 35.5. The van der Waals surface area contributed by atoms with Crippen LogP contribution in [0.4, 0.5) is 4.39 Å². The van der Waals surface area contributed by atoms with E-state index >= 15 is 0 Å². The molecule has 0 bridgehead atoms. The molecule has 0 radical (unpaired) electrons. The average molecular weight is 310 g/mol. The number of hydrogen-bond donors (Lipinski definition) is 0. The smallest absolute Gasteiger partial charge is 0.128 e. The molecule has 3 rings (SSSR count). The molecule has 0 aliphatic heterocycles. The fourth-order valence-electron chi connectivity index (χ4n) is 2.19. The minimum atomic E-state index is -0.242. The van der Waals surface area contributed by atoms with Crippen LogP contribution in [0.15, 0.2) is 17.5 Å².